The van der Waals surface area contributed by atoms with E-state index in [1.807, 2.05) is 20.2 Å². The summed E-state index contributed by atoms with van der Waals surface area (Å²) in [7, 11) is 1.81. The van der Waals surface area contributed by atoms with Gasteiger partial charge in [-0.2, -0.15) is 0 Å². The number of benzene rings is 2. The number of hydrogen-bond acceptors (Lipinski definition) is 4. The number of aromatic nitrogens is 2. The highest BCUT2D eigenvalue weighted by Gasteiger charge is 2.34. The largest absolute Gasteiger partial charge is 0.381 e. The van der Waals surface area contributed by atoms with E-state index in [4.69, 9.17) is 9.47 Å². The Hall–Kier alpha value is -2.34. The molecule has 1 fully saturated rings. The lowest BCUT2D eigenvalue weighted by Crippen LogP contribution is -2.35. The van der Waals surface area contributed by atoms with E-state index in [0.29, 0.717) is 0 Å². The fourth-order valence-electron chi connectivity index (χ4n) is 4.29. The molecule has 0 atom stereocenters. The Labute approximate surface area is 174 Å². The van der Waals surface area contributed by atoms with Crippen molar-refractivity contribution in [3.05, 3.63) is 72.2 Å². The van der Waals surface area contributed by atoms with Crippen LogP contribution in [0, 0.1) is 6.92 Å². The van der Waals surface area contributed by atoms with Crippen molar-refractivity contribution in [3.8, 4) is 0 Å². The van der Waals surface area contributed by atoms with Crippen molar-refractivity contribution in [2.45, 2.75) is 35.2 Å². The zero-order valence-electron chi connectivity index (χ0n) is 16.7. The molecule has 0 aliphatic carbocycles. The molecule has 0 N–H and O–H groups in total. The summed E-state index contributed by atoms with van der Waals surface area (Å²) in [6.45, 7) is 3.54. The Balaban J connectivity index is 1.48. The van der Waals surface area contributed by atoms with Gasteiger partial charge in [0.25, 0.3) is 0 Å². The standard InChI is InChI=1S/C24H24N2O2S/c1-17-25-16-20-7-6-18-14-22(8-9-23(18)26(17)20)29-21-5-3-4-19(15-21)24(27-2)10-12-28-13-11-24/h3-9,14-16H,10-13H2,1-2H3. The number of ether oxygens (including phenoxy) is 2. The molecule has 1 aliphatic heterocycles. The predicted molar refractivity (Wildman–Crippen MR) is 117 cm³/mol. The van der Waals surface area contributed by atoms with E-state index < -0.39 is 0 Å². The zero-order valence-corrected chi connectivity index (χ0v) is 17.5. The quantitative estimate of drug-likeness (QED) is 0.444. The topological polar surface area (TPSA) is 35.8 Å². The first-order chi connectivity index (χ1) is 14.2. The van der Waals surface area contributed by atoms with Crippen LogP contribution in [0.15, 0.2) is 70.6 Å². The predicted octanol–water partition coefficient (Wildman–Crippen LogP) is 5.60. The van der Waals surface area contributed by atoms with E-state index >= 15 is 0 Å². The molecule has 5 rings (SSSR count). The SMILES string of the molecule is COC1(c2cccc(Sc3ccc4c(ccc5cnc(C)n54)c3)c2)CCOCC1. The van der Waals surface area contributed by atoms with Crippen LogP contribution in [0.4, 0.5) is 0 Å². The number of hydrogen-bond donors (Lipinski definition) is 0. The van der Waals surface area contributed by atoms with E-state index in [9.17, 15) is 0 Å². The van der Waals surface area contributed by atoms with Crippen molar-refractivity contribution < 1.29 is 9.47 Å². The number of imidazole rings is 1. The number of nitrogens with zero attached hydrogens (tertiary/aromatic N) is 2. The maximum Gasteiger partial charge on any atom is 0.110 e. The third-order valence-electron chi connectivity index (χ3n) is 5.93. The minimum atomic E-state index is -0.233. The Bertz CT molecular complexity index is 1180. The van der Waals surface area contributed by atoms with Gasteiger partial charge in [0.1, 0.15) is 5.82 Å². The monoisotopic (exact) mass is 404 g/mol. The van der Waals surface area contributed by atoms with Crippen LogP contribution in [0.5, 0.6) is 0 Å². The van der Waals surface area contributed by atoms with Crippen LogP contribution in [-0.4, -0.2) is 29.7 Å². The molecule has 1 aliphatic rings. The molecule has 0 bridgehead atoms. The number of aryl methyl sites for hydroxylation is 1. The molecular weight excluding hydrogens is 380 g/mol. The zero-order chi connectivity index (χ0) is 19.8. The van der Waals surface area contributed by atoms with Gasteiger partial charge in [0.05, 0.1) is 22.8 Å². The van der Waals surface area contributed by atoms with Crippen LogP contribution >= 0.6 is 11.8 Å². The highest BCUT2D eigenvalue weighted by atomic mass is 32.2. The van der Waals surface area contributed by atoms with E-state index in [1.165, 1.54) is 26.3 Å². The molecular formula is C24H24N2O2S. The van der Waals surface area contributed by atoms with Crippen molar-refractivity contribution in [1.82, 2.24) is 9.38 Å². The summed E-state index contributed by atoms with van der Waals surface area (Å²) < 4.78 is 13.7. The molecule has 0 radical (unpaired) electrons. The first-order valence-electron chi connectivity index (χ1n) is 9.97. The maximum atomic E-state index is 5.97. The Morgan fingerprint density at radius 1 is 1.03 bits per heavy atom. The molecule has 0 unspecified atom stereocenters. The van der Waals surface area contributed by atoms with Gasteiger partial charge >= 0.3 is 0 Å². The summed E-state index contributed by atoms with van der Waals surface area (Å²) in [6, 6.07) is 19.7. The van der Waals surface area contributed by atoms with Crippen molar-refractivity contribution in [3.63, 3.8) is 0 Å². The number of pyridine rings is 1. The molecule has 4 aromatic rings. The van der Waals surface area contributed by atoms with Crippen LogP contribution in [0.3, 0.4) is 0 Å². The fourth-order valence-corrected chi connectivity index (χ4v) is 5.22. The van der Waals surface area contributed by atoms with E-state index in [0.717, 1.165) is 37.4 Å². The first-order valence-corrected chi connectivity index (χ1v) is 10.8. The van der Waals surface area contributed by atoms with E-state index in [-0.39, 0.29) is 5.60 Å². The van der Waals surface area contributed by atoms with Gasteiger partial charge in [-0.3, -0.25) is 4.40 Å². The van der Waals surface area contributed by atoms with Crippen LogP contribution in [0.25, 0.3) is 16.4 Å². The van der Waals surface area contributed by atoms with Gasteiger partial charge in [0.15, 0.2) is 0 Å². The highest BCUT2D eigenvalue weighted by molar-refractivity contribution is 7.99. The van der Waals surface area contributed by atoms with Gasteiger partial charge in [-0.05, 0) is 54.3 Å². The average Bonchev–Trinajstić information content (AvgIpc) is 3.15. The first kappa shape index (κ1) is 18.7. The van der Waals surface area contributed by atoms with Crippen molar-refractivity contribution in [1.29, 1.82) is 0 Å². The third-order valence-corrected chi connectivity index (χ3v) is 6.91. The summed E-state index contributed by atoms with van der Waals surface area (Å²) in [5.74, 6) is 1.01. The molecule has 0 amide bonds. The molecule has 5 heteroatoms. The Morgan fingerprint density at radius 3 is 2.69 bits per heavy atom. The Kier molecular flexibility index (Phi) is 4.82. The second-order valence-corrected chi connectivity index (χ2v) is 8.71. The summed E-state index contributed by atoms with van der Waals surface area (Å²) in [6.07, 6.45) is 3.71. The molecule has 1 saturated heterocycles. The summed E-state index contributed by atoms with van der Waals surface area (Å²) in [5.41, 5.74) is 3.33. The fraction of sp³-hybridized carbons (Fsp3) is 0.292. The normalized spacial score (nSPS) is 16.5. The van der Waals surface area contributed by atoms with Crippen LogP contribution in [0.2, 0.25) is 0 Å². The number of methoxy groups -OCH3 is 1. The van der Waals surface area contributed by atoms with Crippen molar-refractivity contribution >= 4 is 28.2 Å². The molecule has 2 aromatic carbocycles. The second kappa shape index (κ2) is 7.48. The van der Waals surface area contributed by atoms with Gasteiger partial charge in [-0.15, -0.1) is 0 Å². The van der Waals surface area contributed by atoms with Gasteiger partial charge in [-0.1, -0.05) is 30.0 Å². The lowest BCUT2D eigenvalue weighted by Gasteiger charge is -2.36. The average molecular weight is 405 g/mol. The highest BCUT2D eigenvalue weighted by Crippen LogP contribution is 2.38. The van der Waals surface area contributed by atoms with Gasteiger partial charge in [0, 0.05) is 43.0 Å². The molecule has 2 aromatic heterocycles. The van der Waals surface area contributed by atoms with Crippen LogP contribution in [-0.2, 0) is 15.1 Å². The summed E-state index contributed by atoms with van der Waals surface area (Å²) in [4.78, 5) is 6.90. The van der Waals surface area contributed by atoms with E-state index in [1.54, 1.807) is 11.8 Å². The molecule has 4 nitrogen and oxygen atoms in total. The third kappa shape index (κ3) is 3.33. The van der Waals surface area contributed by atoms with Crippen LogP contribution in [0.1, 0.15) is 24.2 Å². The molecule has 0 spiro atoms. The summed E-state index contributed by atoms with van der Waals surface area (Å²) >= 11 is 1.79. The Morgan fingerprint density at radius 2 is 1.86 bits per heavy atom. The van der Waals surface area contributed by atoms with Gasteiger partial charge < -0.3 is 9.47 Å². The van der Waals surface area contributed by atoms with Gasteiger partial charge in [0.2, 0.25) is 0 Å². The smallest absolute Gasteiger partial charge is 0.110 e. The molecule has 29 heavy (non-hydrogen) atoms. The van der Waals surface area contributed by atoms with E-state index in [2.05, 4.69) is 64.0 Å². The van der Waals surface area contributed by atoms with Crippen molar-refractivity contribution in [2.75, 3.05) is 20.3 Å². The van der Waals surface area contributed by atoms with Crippen LogP contribution < -0.4 is 0 Å². The molecule has 148 valence electrons. The number of fused-ring (bicyclic) bond motifs is 3. The lowest BCUT2D eigenvalue weighted by atomic mass is 9.86. The summed E-state index contributed by atoms with van der Waals surface area (Å²) in [5, 5.41) is 1.22. The lowest BCUT2D eigenvalue weighted by molar-refractivity contribution is -0.0948. The second-order valence-electron chi connectivity index (χ2n) is 7.56. The number of rotatable bonds is 4. The van der Waals surface area contributed by atoms with Gasteiger partial charge in [-0.25, -0.2) is 4.98 Å². The minimum Gasteiger partial charge on any atom is -0.381 e. The van der Waals surface area contributed by atoms with Crippen molar-refractivity contribution in [2.24, 2.45) is 0 Å². The molecule has 3 heterocycles. The maximum absolute atomic E-state index is 5.97. The minimum absolute atomic E-state index is 0.233. The molecule has 0 saturated carbocycles.